The van der Waals surface area contributed by atoms with Crippen molar-refractivity contribution in [1.29, 1.82) is 0 Å². The molecule has 0 aliphatic carbocycles. The summed E-state index contributed by atoms with van der Waals surface area (Å²) >= 11 is 0. The van der Waals surface area contributed by atoms with Gasteiger partial charge in [-0.15, -0.1) is 0 Å². The van der Waals surface area contributed by atoms with Crippen molar-refractivity contribution in [2.45, 2.75) is 51.0 Å². The van der Waals surface area contributed by atoms with Crippen LogP contribution in [0.15, 0.2) is 41.4 Å². The molecule has 2 aromatic heterocycles. The standard InChI is InChI=1S/C20H24N4O2S/c1-14-11-19-21-12-15-13-23(10-9-18(15)24(19)22-14)27(25,26)17-7-5-16(6-8-17)20(2,3)4/h5-8,11-12H,9-10,13H2,1-4H3. The number of rotatable bonds is 2. The summed E-state index contributed by atoms with van der Waals surface area (Å²) in [6, 6.07) is 9.17. The molecule has 3 heterocycles. The van der Waals surface area contributed by atoms with E-state index in [1.165, 1.54) is 4.31 Å². The van der Waals surface area contributed by atoms with Gasteiger partial charge in [-0.2, -0.15) is 9.40 Å². The van der Waals surface area contributed by atoms with Gasteiger partial charge in [-0.05, 0) is 30.0 Å². The SMILES string of the molecule is Cc1cc2ncc3c(n2n1)CCN(S(=O)(=O)c1ccc(C(C)(C)C)cc1)C3. The molecular formula is C20H24N4O2S. The quantitative estimate of drug-likeness (QED) is 0.681. The maximum atomic E-state index is 13.1. The molecule has 0 bridgehead atoms. The third kappa shape index (κ3) is 3.15. The minimum Gasteiger partial charge on any atom is -0.237 e. The van der Waals surface area contributed by atoms with E-state index in [4.69, 9.17) is 0 Å². The molecule has 4 rings (SSSR count). The van der Waals surface area contributed by atoms with E-state index in [0.717, 1.165) is 28.2 Å². The van der Waals surface area contributed by atoms with Gasteiger partial charge in [-0.1, -0.05) is 32.9 Å². The van der Waals surface area contributed by atoms with Gasteiger partial charge in [0.2, 0.25) is 10.0 Å². The lowest BCUT2D eigenvalue weighted by Gasteiger charge is -2.28. The zero-order valence-corrected chi connectivity index (χ0v) is 16.9. The molecule has 0 unspecified atom stereocenters. The number of benzene rings is 1. The molecule has 0 spiro atoms. The average molecular weight is 385 g/mol. The minimum atomic E-state index is -3.54. The van der Waals surface area contributed by atoms with Crippen LogP contribution in [-0.2, 0) is 28.4 Å². The number of sulfonamides is 1. The molecule has 142 valence electrons. The molecule has 1 aliphatic heterocycles. The smallest absolute Gasteiger partial charge is 0.237 e. The highest BCUT2D eigenvalue weighted by Gasteiger charge is 2.30. The zero-order valence-electron chi connectivity index (χ0n) is 16.1. The highest BCUT2D eigenvalue weighted by Crippen LogP contribution is 2.27. The minimum absolute atomic E-state index is 0.00864. The molecule has 0 atom stereocenters. The largest absolute Gasteiger partial charge is 0.243 e. The van der Waals surface area contributed by atoms with Crippen molar-refractivity contribution in [1.82, 2.24) is 18.9 Å². The normalized spacial score (nSPS) is 15.9. The Bertz CT molecular complexity index is 1110. The summed E-state index contributed by atoms with van der Waals surface area (Å²) in [6.07, 6.45) is 2.39. The lowest BCUT2D eigenvalue weighted by atomic mass is 9.87. The summed E-state index contributed by atoms with van der Waals surface area (Å²) < 4.78 is 29.6. The van der Waals surface area contributed by atoms with Crippen LogP contribution in [0.1, 0.15) is 43.3 Å². The second-order valence-electron chi connectivity index (χ2n) is 8.15. The summed E-state index contributed by atoms with van der Waals surface area (Å²) in [4.78, 5) is 4.76. The van der Waals surface area contributed by atoms with Crippen LogP contribution in [0.5, 0.6) is 0 Å². The number of aromatic nitrogens is 3. The molecule has 0 N–H and O–H groups in total. The Morgan fingerprint density at radius 1 is 1.11 bits per heavy atom. The van der Waals surface area contributed by atoms with Gasteiger partial charge in [0.15, 0.2) is 5.65 Å². The fourth-order valence-electron chi connectivity index (χ4n) is 3.51. The Hall–Kier alpha value is -2.25. The molecule has 6 nitrogen and oxygen atoms in total. The van der Waals surface area contributed by atoms with Gasteiger partial charge < -0.3 is 0 Å². The van der Waals surface area contributed by atoms with Crippen LogP contribution >= 0.6 is 0 Å². The van der Waals surface area contributed by atoms with Crippen molar-refractivity contribution in [2.75, 3.05) is 6.54 Å². The molecule has 1 aliphatic rings. The molecule has 7 heteroatoms. The number of aryl methyl sites for hydroxylation is 1. The van der Waals surface area contributed by atoms with Crippen LogP contribution < -0.4 is 0 Å². The second kappa shape index (κ2) is 6.14. The fraction of sp³-hybridized carbons (Fsp3) is 0.400. The summed E-state index contributed by atoms with van der Waals surface area (Å²) in [5, 5.41) is 4.49. The number of fused-ring (bicyclic) bond motifs is 3. The van der Waals surface area contributed by atoms with E-state index in [2.05, 4.69) is 30.9 Å². The van der Waals surface area contributed by atoms with Gasteiger partial charge in [-0.3, -0.25) is 0 Å². The van der Waals surface area contributed by atoms with Crippen molar-refractivity contribution in [2.24, 2.45) is 0 Å². The third-order valence-corrected chi connectivity index (χ3v) is 6.95. The number of nitrogens with zero attached hydrogens (tertiary/aromatic N) is 4. The predicted molar refractivity (Wildman–Crippen MR) is 104 cm³/mol. The fourth-order valence-corrected chi connectivity index (χ4v) is 4.93. The van der Waals surface area contributed by atoms with E-state index in [-0.39, 0.29) is 5.41 Å². The molecular weight excluding hydrogens is 360 g/mol. The molecule has 0 amide bonds. The molecule has 1 aromatic carbocycles. The van der Waals surface area contributed by atoms with Gasteiger partial charge in [-0.25, -0.2) is 17.9 Å². The van der Waals surface area contributed by atoms with Crippen molar-refractivity contribution in [3.8, 4) is 0 Å². The van der Waals surface area contributed by atoms with Gasteiger partial charge >= 0.3 is 0 Å². The monoisotopic (exact) mass is 384 g/mol. The highest BCUT2D eigenvalue weighted by atomic mass is 32.2. The van der Waals surface area contributed by atoms with E-state index in [1.54, 1.807) is 18.3 Å². The number of hydrogen-bond acceptors (Lipinski definition) is 4. The van der Waals surface area contributed by atoms with Crippen molar-refractivity contribution >= 4 is 15.7 Å². The predicted octanol–water partition coefficient (Wildman–Crippen LogP) is 3.08. The van der Waals surface area contributed by atoms with E-state index in [9.17, 15) is 8.42 Å². The van der Waals surface area contributed by atoms with E-state index < -0.39 is 10.0 Å². The Morgan fingerprint density at radius 2 is 1.81 bits per heavy atom. The highest BCUT2D eigenvalue weighted by molar-refractivity contribution is 7.89. The van der Waals surface area contributed by atoms with Crippen LogP contribution in [0.3, 0.4) is 0 Å². The summed E-state index contributed by atoms with van der Waals surface area (Å²) in [6.45, 7) is 9.03. The van der Waals surface area contributed by atoms with Crippen molar-refractivity contribution < 1.29 is 8.42 Å². The first-order valence-corrected chi connectivity index (χ1v) is 10.5. The summed E-state index contributed by atoms with van der Waals surface area (Å²) in [5.41, 5.74) is 4.77. The van der Waals surface area contributed by atoms with Crippen LogP contribution in [0.4, 0.5) is 0 Å². The van der Waals surface area contributed by atoms with Gasteiger partial charge in [0, 0.05) is 37.3 Å². The molecule has 0 saturated heterocycles. The first kappa shape index (κ1) is 18.1. The third-order valence-electron chi connectivity index (χ3n) is 5.09. The van der Waals surface area contributed by atoms with Crippen LogP contribution in [0, 0.1) is 6.92 Å². The molecule has 3 aromatic rings. The van der Waals surface area contributed by atoms with Crippen molar-refractivity contribution in [3.05, 3.63) is 59.0 Å². The van der Waals surface area contributed by atoms with Crippen LogP contribution in [0.25, 0.3) is 5.65 Å². The Kier molecular flexibility index (Phi) is 4.12. The molecule has 0 saturated carbocycles. The lowest BCUT2D eigenvalue weighted by molar-refractivity contribution is 0.384. The number of hydrogen-bond donors (Lipinski definition) is 0. The molecule has 0 radical (unpaired) electrons. The molecule has 27 heavy (non-hydrogen) atoms. The topological polar surface area (TPSA) is 67.6 Å². The van der Waals surface area contributed by atoms with Gasteiger partial charge in [0.1, 0.15) is 0 Å². The summed E-state index contributed by atoms with van der Waals surface area (Å²) in [7, 11) is -3.54. The van der Waals surface area contributed by atoms with E-state index in [0.29, 0.717) is 24.4 Å². The zero-order chi connectivity index (χ0) is 19.4. The van der Waals surface area contributed by atoms with E-state index >= 15 is 0 Å². The Morgan fingerprint density at radius 3 is 2.48 bits per heavy atom. The Labute approximate surface area is 159 Å². The van der Waals surface area contributed by atoms with Gasteiger partial charge in [0.05, 0.1) is 16.3 Å². The summed E-state index contributed by atoms with van der Waals surface area (Å²) in [5.74, 6) is 0. The maximum absolute atomic E-state index is 13.1. The van der Waals surface area contributed by atoms with E-state index in [1.807, 2.05) is 29.6 Å². The lowest BCUT2D eigenvalue weighted by Crippen LogP contribution is -2.37. The molecule has 0 fully saturated rings. The first-order chi connectivity index (χ1) is 12.7. The Balaban J connectivity index is 1.65. The maximum Gasteiger partial charge on any atom is 0.243 e. The van der Waals surface area contributed by atoms with Gasteiger partial charge in [0.25, 0.3) is 0 Å². The second-order valence-corrected chi connectivity index (χ2v) is 10.1. The average Bonchev–Trinajstić information content (AvgIpc) is 3.01. The van der Waals surface area contributed by atoms with Crippen molar-refractivity contribution in [3.63, 3.8) is 0 Å². The van der Waals surface area contributed by atoms with Crippen LogP contribution in [-0.4, -0.2) is 33.9 Å². The first-order valence-electron chi connectivity index (χ1n) is 9.10. The van der Waals surface area contributed by atoms with Crippen LogP contribution in [0.2, 0.25) is 0 Å².